The Morgan fingerprint density at radius 1 is 0.656 bits per heavy atom. The highest BCUT2D eigenvalue weighted by Crippen LogP contribution is 2.24. The van der Waals surface area contributed by atoms with Crippen molar-refractivity contribution in [3.8, 4) is 0 Å². The summed E-state index contributed by atoms with van der Waals surface area (Å²) in [5, 5.41) is 4.05. The molecule has 169 valence electrons. The Morgan fingerprint density at radius 2 is 1.06 bits per heavy atom. The van der Waals surface area contributed by atoms with Gasteiger partial charge in [-0.3, -0.25) is 0 Å². The first-order chi connectivity index (χ1) is 15.2. The molecule has 0 bridgehead atoms. The predicted octanol–water partition coefficient (Wildman–Crippen LogP) is 4.90. The van der Waals surface area contributed by atoms with Gasteiger partial charge in [-0.1, -0.05) is 111 Å². The van der Waals surface area contributed by atoms with Crippen LogP contribution in [0.25, 0.3) is 0 Å². The molecule has 1 unspecified atom stereocenters. The zero-order chi connectivity index (χ0) is 23.2. The standard InChI is InChI=1S/C27H37O2Si3/c1-24(22-23-28-31(5,6)25-16-10-7-11-17-25)29-32(30(2,3)4,26-18-12-8-13-19-26)27-20-14-9-15-21-27/h7-22,24H,23H2,1-6H3. The second-order valence-electron chi connectivity index (χ2n) is 9.91. The van der Waals surface area contributed by atoms with Crippen molar-refractivity contribution >= 4 is 39.3 Å². The molecule has 0 saturated carbocycles. The number of rotatable bonds is 10. The molecule has 0 aliphatic heterocycles. The van der Waals surface area contributed by atoms with Gasteiger partial charge in [0, 0.05) is 19.1 Å². The molecule has 0 aliphatic carbocycles. The second kappa shape index (κ2) is 10.4. The largest absolute Gasteiger partial charge is 0.413 e. The van der Waals surface area contributed by atoms with Crippen molar-refractivity contribution < 1.29 is 8.85 Å². The summed E-state index contributed by atoms with van der Waals surface area (Å²) in [6.45, 7) is 14.7. The molecule has 5 heteroatoms. The van der Waals surface area contributed by atoms with Crippen molar-refractivity contribution in [2.75, 3.05) is 6.61 Å². The minimum absolute atomic E-state index is 0.00868. The molecule has 0 fully saturated rings. The van der Waals surface area contributed by atoms with Gasteiger partial charge in [-0.05, 0) is 35.6 Å². The second-order valence-corrected chi connectivity index (χ2v) is 27.7. The third-order valence-electron chi connectivity index (χ3n) is 6.12. The van der Waals surface area contributed by atoms with E-state index in [0.717, 1.165) is 0 Å². The maximum Gasteiger partial charge on any atom is 0.240 e. The van der Waals surface area contributed by atoms with Crippen LogP contribution in [0.4, 0.5) is 0 Å². The van der Waals surface area contributed by atoms with Crippen LogP contribution in [0, 0.1) is 6.42 Å². The lowest BCUT2D eigenvalue weighted by atomic mass is 10.3. The van der Waals surface area contributed by atoms with Crippen molar-refractivity contribution in [1.82, 2.24) is 0 Å². The quantitative estimate of drug-likeness (QED) is 0.387. The fraction of sp³-hybridized carbons (Fsp3) is 0.296. The topological polar surface area (TPSA) is 18.5 Å². The average Bonchev–Trinajstić information content (AvgIpc) is 2.78. The molecular weight excluding hydrogens is 441 g/mol. The first-order valence-corrected chi connectivity index (χ1v) is 20.8. The number of benzene rings is 3. The van der Waals surface area contributed by atoms with Crippen LogP contribution < -0.4 is 15.6 Å². The van der Waals surface area contributed by atoms with Crippen LogP contribution in [-0.2, 0) is 8.85 Å². The Bertz CT molecular complexity index is 915. The maximum absolute atomic E-state index is 7.18. The molecule has 0 aliphatic rings. The Kier molecular flexibility index (Phi) is 8.11. The lowest BCUT2D eigenvalue weighted by molar-refractivity contribution is 0.229. The van der Waals surface area contributed by atoms with Gasteiger partial charge in [0.25, 0.3) is 0 Å². The molecule has 3 aromatic carbocycles. The van der Waals surface area contributed by atoms with E-state index in [1.54, 1.807) is 0 Å². The van der Waals surface area contributed by atoms with E-state index in [1.807, 2.05) is 0 Å². The van der Waals surface area contributed by atoms with Gasteiger partial charge in [-0.15, -0.1) is 0 Å². The van der Waals surface area contributed by atoms with Crippen LogP contribution in [0.5, 0.6) is 0 Å². The highest BCUT2D eigenvalue weighted by Gasteiger charge is 2.51. The molecule has 1 radical (unpaired) electrons. The molecule has 1 atom stereocenters. The van der Waals surface area contributed by atoms with Crippen molar-refractivity contribution in [3.05, 3.63) is 97.4 Å². The third kappa shape index (κ3) is 5.58. The molecule has 0 N–H and O–H groups in total. The number of hydrogen-bond donors (Lipinski definition) is 0. The van der Waals surface area contributed by atoms with Gasteiger partial charge in [-0.2, -0.15) is 0 Å². The zero-order valence-corrected chi connectivity index (χ0v) is 23.3. The first-order valence-electron chi connectivity index (χ1n) is 11.5. The smallest absolute Gasteiger partial charge is 0.240 e. The fourth-order valence-corrected chi connectivity index (χ4v) is 18.5. The van der Waals surface area contributed by atoms with Crippen LogP contribution in [0.15, 0.2) is 91.0 Å². The highest BCUT2D eigenvalue weighted by atomic mass is 29.3. The summed E-state index contributed by atoms with van der Waals surface area (Å²) in [5.41, 5.74) is 0. The van der Waals surface area contributed by atoms with Crippen molar-refractivity contribution in [3.63, 3.8) is 0 Å². The van der Waals surface area contributed by atoms with Gasteiger partial charge in [0.2, 0.25) is 16.2 Å². The van der Waals surface area contributed by atoms with Crippen molar-refractivity contribution in [2.24, 2.45) is 0 Å². The van der Waals surface area contributed by atoms with E-state index in [9.17, 15) is 0 Å². The van der Waals surface area contributed by atoms with Crippen molar-refractivity contribution in [2.45, 2.75) is 45.8 Å². The Labute approximate surface area is 197 Å². The van der Waals surface area contributed by atoms with Gasteiger partial charge < -0.3 is 8.85 Å². The van der Waals surface area contributed by atoms with Gasteiger partial charge in [-0.25, -0.2) is 0 Å². The minimum atomic E-state index is -2.41. The molecule has 0 saturated heterocycles. The molecule has 0 amide bonds. The fourth-order valence-electron chi connectivity index (χ4n) is 4.33. The summed E-state index contributed by atoms with van der Waals surface area (Å²) in [5.74, 6) is 0. The van der Waals surface area contributed by atoms with E-state index in [2.05, 4.69) is 137 Å². The summed E-state index contributed by atoms with van der Waals surface area (Å²) in [4.78, 5) is 0. The van der Waals surface area contributed by atoms with Crippen LogP contribution in [0.1, 0.15) is 6.92 Å². The highest BCUT2D eigenvalue weighted by molar-refractivity contribution is 7.48. The lowest BCUT2D eigenvalue weighted by Gasteiger charge is -2.43. The zero-order valence-electron chi connectivity index (χ0n) is 20.3. The lowest BCUT2D eigenvalue weighted by Crippen LogP contribution is -2.75. The van der Waals surface area contributed by atoms with Crippen LogP contribution in [0.2, 0.25) is 32.7 Å². The number of hydrogen-bond acceptors (Lipinski definition) is 2. The summed E-state index contributed by atoms with van der Waals surface area (Å²) in [7, 11) is -6.09. The molecule has 2 nitrogen and oxygen atoms in total. The normalized spacial score (nSPS) is 13.7. The summed E-state index contributed by atoms with van der Waals surface area (Å²) < 4.78 is 13.6. The molecule has 3 aromatic rings. The maximum atomic E-state index is 7.18. The third-order valence-corrected chi connectivity index (χ3v) is 22.3. The van der Waals surface area contributed by atoms with E-state index in [-0.39, 0.29) is 6.10 Å². The Morgan fingerprint density at radius 3 is 1.47 bits per heavy atom. The van der Waals surface area contributed by atoms with Crippen LogP contribution >= 0.6 is 0 Å². The van der Waals surface area contributed by atoms with E-state index >= 15 is 0 Å². The van der Waals surface area contributed by atoms with Crippen LogP contribution in [0.3, 0.4) is 0 Å². The first kappa shape index (κ1) is 24.9. The molecular formula is C27H37O2Si3. The minimum Gasteiger partial charge on any atom is -0.413 e. The van der Waals surface area contributed by atoms with Gasteiger partial charge in [0.15, 0.2) is 0 Å². The SMILES string of the molecule is CC([CH]CO[Si](C)(C)c1ccccc1)O[Si](c1ccccc1)(c1ccccc1)[Si](C)(C)C. The van der Waals surface area contributed by atoms with E-state index in [1.165, 1.54) is 15.6 Å². The van der Waals surface area contributed by atoms with Crippen LogP contribution in [-0.4, -0.2) is 36.5 Å². The Balaban J connectivity index is 1.82. The van der Waals surface area contributed by atoms with E-state index < -0.39 is 23.7 Å². The Hall–Kier alpha value is -1.77. The summed E-state index contributed by atoms with van der Waals surface area (Å²) >= 11 is 0. The molecule has 0 spiro atoms. The molecule has 0 heterocycles. The molecule has 32 heavy (non-hydrogen) atoms. The molecule has 3 rings (SSSR count). The van der Waals surface area contributed by atoms with Crippen molar-refractivity contribution in [1.29, 1.82) is 0 Å². The van der Waals surface area contributed by atoms with E-state index in [0.29, 0.717) is 6.61 Å². The predicted molar refractivity (Wildman–Crippen MR) is 146 cm³/mol. The monoisotopic (exact) mass is 477 g/mol. The summed E-state index contributed by atoms with van der Waals surface area (Å²) in [6.07, 6.45) is 2.22. The van der Waals surface area contributed by atoms with Gasteiger partial charge >= 0.3 is 0 Å². The van der Waals surface area contributed by atoms with Gasteiger partial charge in [0.05, 0.1) is 7.59 Å². The average molecular weight is 478 g/mol. The van der Waals surface area contributed by atoms with Gasteiger partial charge in [0.1, 0.15) is 0 Å². The van der Waals surface area contributed by atoms with E-state index in [4.69, 9.17) is 8.85 Å². The molecule has 0 aromatic heterocycles. The summed E-state index contributed by atoms with van der Waals surface area (Å²) in [6, 6.07) is 32.5.